The van der Waals surface area contributed by atoms with E-state index in [9.17, 15) is 14.7 Å². The van der Waals surface area contributed by atoms with Crippen LogP contribution >= 0.6 is 0 Å². The van der Waals surface area contributed by atoms with Crippen LogP contribution in [-0.4, -0.2) is 38.6 Å². The Morgan fingerprint density at radius 2 is 2.00 bits per heavy atom. The van der Waals surface area contributed by atoms with Gasteiger partial charge < -0.3 is 14.9 Å². The Bertz CT molecular complexity index is 949. The standard InChI is InChI=1S/C19H20N2O5/c1-2-12-3-5-13(6-4-12)7-8-14-10-21(19(25)20-18(14)24)17-9-15(23)16(11-22)26-17/h3-6,10,15-17,22-23H,2,9,11H2,1H3,(H,20,24,25)/t15-,16+,17+/m0/s1. The van der Waals surface area contributed by atoms with Crippen molar-refractivity contribution in [3.05, 3.63) is 68.0 Å². The van der Waals surface area contributed by atoms with Gasteiger partial charge in [-0.3, -0.25) is 14.3 Å². The lowest BCUT2D eigenvalue weighted by Gasteiger charge is -2.14. The second kappa shape index (κ2) is 7.70. The monoisotopic (exact) mass is 356 g/mol. The van der Waals surface area contributed by atoms with Gasteiger partial charge in [0.2, 0.25) is 0 Å². The molecule has 0 bridgehead atoms. The SMILES string of the molecule is CCc1ccc(C#Cc2cn([C@H]3C[C@H](O)[C@@H](CO)O3)c(=O)[nH]c2=O)cc1. The third-order valence-electron chi connectivity index (χ3n) is 4.37. The molecular weight excluding hydrogens is 336 g/mol. The quantitative estimate of drug-likeness (QED) is 0.679. The maximum Gasteiger partial charge on any atom is 0.330 e. The van der Waals surface area contributed by atoms with Crippen LogP contribution in [-0.2, 0) is 11.2 Å². The van der Waals surface area contributed by atoms with Crippen molar-refractivity contribution in [1.82, 2.24) is 9.55 Å². The molecule has 1 fully saturated rings. The van der Waals surface area contributed by atoms with E-state index in [2.05, 4.69) is 23.7 Å². The molecule has 7 heteroatoms. The van der Waals surface area contributed by atoms with Gasteiger partial charge in [0, 0.05) is 18.2 Å². The predicted octanol–water partition coefficient (Wildman–Crippen LogP) is 0.139. The van der Waals surface area contributed by atoms with Crippen LogP contribution < -0.4 is 11.2 Å². The normalized spacial score (nSPS) is 22.0. The van der Waals surface area contributed by atoms with E-state index in [0.717, 1.165) is 12.0 Å². The van der Waals surface area contributed by atoms with Crippen molar-refractivity contribution in [3.8, 4) is 11.8 Å². The van der Waals surface area contributed by atoms with Crippen LogP contribution in [0.4, 0.5) is 0 Å². The molecule has 1 aromatic heterocycles. The van der Waals surface area contributed by atoms with Gasteiger partial charge in [0.05, 0.1) is 12.7 Å². The molecule has 7 nitrogen and oxygen atoms in total. The number of aryl methyl sites for hydroxylation is 1. The molecule has 3 atom stereocenters. The Morgan fingerprint density at radius 3 is 2.62 bits per heavy atom. The zero-order valence-corrected chi connectivity index (χ0v) is 14.3. The van der Waals surface area contributed by atoms with Crippen LogP contribution in [0.15, 0.2) is 40.1 Å². The molecule has 26 heavy (non-hydrogen) atoms. The number of aromatic nitrogens is 2. The lowest BCUT2D eigenvalue weighted by molar-refractivity contribution is -0.0459. The van der Waals surface area contributed by atoms with Gasteiger partial charge >= 0.3 is 5.69 Å². The van der Waals surface area contributed by atoms with Gasteiger partial charge in [-0.2, -0.15) is 0 Å². The fourth-order valence-corrected chi connectivity index (χ4v) is 2.80. The van der Waals surface area contributed by atoms with Crippen molar-refractivity contribution < 1.29 is 14.9 Å². The molecule has 0 unspecified atom stereocenters. The zero-order chi connectivity index (χ0) is 18.7. The van der Waals surface area contributed by atoms with E-state index in [1.165, 1.54) is 16.3 Å². The van der Waals surface area contributed by atoms with Crippen LogP contribution in [0, 0.1) is 11.8 Å². The highest BCUT2D eigenvalue weighted by atomic mass is 16.5. The molecule has 3 rings (SSSR count). The number of nitrogens with zero attached hydrogens (tertiary/aromatic N) is 1. The number of hydrogen-bond acceptors (Lipinski definition) is 5. The first-order valence-corrected chi connectivity index (χ1v) is 8.42. The molecule has 0 amide bonds. The van der Waals surface area contributed by atoms with Gasteiger partial charge in [0.15, 0.2) is 0 Å². The van der Waals surface area contributed by atoms with E-state index >= 15 is 0 Å². The summed E-state index contributed by atoms with van der Waals surface area (Å²) in [6, 6.07) is 7.69. The molecular formula is C19H20N2O5. The van der Waals surface area contributed by atoms with Crippen molar-refractivity contribution in [3.63, 3.8) is 0 Å². The molecule has 1 aromatic carbocycles. The van der Waals surface area contributed by atoms with Crippen LogP contribution in [0.2, 0.25) is 0 Å². The van der Waals surface area contributed by atoms with Crippen molar-refractivity contribution >= 4 is 0 Å². The number of rotatable bonds is 3. The van der Waals surface area contributed by atoms with E-state index in [-0.39, 0.29) is 18.6 Å². The molecule has 1 aliphatic rings. The summed E-state index contributed by atoms with van der Waals surface area (Å²) in [5, 5.41) is 19.0. The van der Waals surface area contributed by atoms with Crippen molar-refractivity contribution in [2.45, 2.75) is 38.2 Å². The second-order valence-corrected chi connectivity index (χ2v) is 6.12. The minimum absolute atomic E-state index is 0.120. The number of hydrogen-bond donors (Lipinski definition) is 3. The summed E-state index contributed by atoms with van der Waals surface area (Å²) in [6.07, 6.45) is -0.00829. The maximum absolute atomic E-state index is 12.1. The molecule has 2 aromatic rings. The van der Waals surface area contributed by atoms with Crippen molar-refractivity contribution in [2.24, 2.45) is 0 Å². The highest BCUT2D eigenvalue weighted by molar-refractivity contribution is 5.42. The number of aliphatic hydroxyl groups excluding tert-OH is 2. The highest BCUT2D eigenvalue weighted by Gasteiger charge is 2.35. The molecule has 3 N–H and O–H groups in total. The number of aromatic amines is 1. The average molecular weight is 356 g/mol. The lowest BCUT2D eigenvalue weighted by atomic mass is 10.1. The molecule has 2 heterocycles. The van der Waals surface area contributed by atoms with Crippen LogP contribution in [0.3, 0.4) is 0 Å². The Hall–Kier alpha value is -2.66. The van der Waals surface area contributed by atoms with E-state index in [1.807, 2.05) is 24.3 Å². The van der Waals surface area contributed by atoms with Crippen molar-refractivity contribution in [2.75, 3.05) is 6.61 Å². The number of H-pyrrole nitrogens is 1. The molecule has 0 radical (unpaired) electrons. The number of ether oxygens (including phenoxy) is 1. The first-order chi connectivity index (χ1) is 12.5. The van der Waals surface area contributed by atoms with Crippen LogP contribution in [0.1, 0.15) is 36.3 Å². The van der Waals surface area contributed by atoms with Gasteiger partial charge in [-0.15, -0.1) is 0 Å². The first kappa shape index (κ1) is 18.1. The summed E-state index contributed by atoms with van der Waals surface area (Å²) in [5.74, 6) is 5.68. The Balaban J connectivity index is 1.91. The van der Waals surface area contributed by atoms with Gasteiger partial charge in [-0.1, -0.05) is 30.9 Å². The third-order valence-corrected chi connectivity index (χ3v) is 4.37. The minimum atomic E-state index is -0.879. The molecule has 136 valence electrons. The fourth-order valence-electron chi connectivity index (χ4n) is 2.80. The Labute approximate surface area is 149 Å². The topological polar surface area (TPSA) is 105 Å². The van der Waals surface area contributed by atoms with E-state index < -0.39 is 29.7 Å². The van der Waals surface area contributed by atoms with Gasteiger partial charge in [0.25, 0.3) is 5.56 Å². The van der Waals surface area contributed by atoms with Crippen LogP contribution in [0.5, 0.6) is 0 Å². The smallest absolute Gasteiger partial charge is 0.330 e. The minimum Gasteiger partial charge on any atom is -0.394 e. The molecule has 1 saturated heterocycles. The van der Waals surface area contributed by atoms with E-state index in [1.54, 1.807) is 0 Å². The van der Waals surface area contributed by atoms with Crippen LogP contribution in [0.25, 0.3) is 0 Å². The van der Waals surface area contributed by atoms with Gasteiger partial charge in [0.1, 0.15) is 17.9 Å². The molecule has 1 aliphatic heterocycles. The Morgan fingerprint density at radius 1 is 1.27 bits per heavy atom. The molecule has 0 spiro atoms. The summed E-state index contributed by atoms with van der Waals surface area (Å²) in [7, 11) is 0. The summed E-state index contributed by atoms with van der Waals surface area (Å²) in [6.45, 7) is 1.71. The second-order valence-electron chi connectivity index (χ2n) is 6.12. The number of nitrogens with one attached hydrogen (secondary N) is 1. The predicted molar refractivity (Wildman–Crippen MR) is 94.7 cm³/mol. The summed E-state index contributed by atoms with van der Waals surface area (Å²) >= 11 is 0. The molecule has 0 aliphatic carbocycles. The largest absolute Gasteiger partial charge is 0.394 e. The third kappa shape index (κ3) is 3.78. The first-order valence-electron chi connectivity index (χ1n) is 8.42. The summed E-state index contributed by atoms with van der Waals surface area (Å²) in [5.41, 5.74) is 0.837. The lowest BCUT2D eigenvalue weighted by Crippen LogP contribution is -2.33. The van der Waals surface area contributed by atoms with Gasteiger partial charge in [-0.25, -0.2) is 4.79 Å². The molecule has 0 saturated carbocycles. The number of benzene rings is 1. The number of aliphatic hydroxyl groups is 2. The summed E-state index contributed by atoms with van der Waals surface area (Å²) < 4.78 is 6.65. The zero-order valence-electron chi connectivity index (χ0n) is 14.3. The van der Waals surface area contributed by atoms with Crippen molar-refractivity contribution in [1.29, 1.82) is 0 Å². The maximum atomic E-state index is 12.1. The van der Waals surface area contributed by atoms with E-state index in [4.69, 9.17) is 9.84 Å². The highest BCUT2D eigenvalue weighted by Crippen LogP contribution is 2.27. The Kier molecular flexibility index (Phi) is 5.38. The van der Waals surface area contributed by atoms with Gasteiger partial charge in [-0.05, 0) is 24.1 Å². The summed E-state index contributed by atoms with van der Waals surface area (Å²) in [4.78, 5) is 26.3. The van der Waals surface area contributed by atoms with E-state index in [0.29, 0.717) is 0 Å². The fraction of sp³-hybridized carbons (Fsp3) is 0.368. The average Bonchev–Trinajstić information content (AvgIpc) is 3.02.